The number of unbranched alkanes of at least 4 members (excludes halogenated alkanes) is 1. The average Bonchev–Trinajstić information content (AvgIpc) is 2.89. The van der Waals surface area contributed by atoms with E-state index in [1.807, 2.05) is 12.1 Å². The summed E-state index contributed by atoms with van der Waals surface area (Å²) in [6.07, 6.45) is 4.19. The second kappa shape index (κ2) is 8.88. The molecular weight excluding hydrogens is 330 g/mol. The van der Waals surface area contributed by atoms with Crippen LogP contribution in [-0.4, -0.2) is 35.4 Å². The van der Waals surface area contributed by atoms with Gasteiger partial charge in [0.25, 0.3) is 5.91 Å². The first-order valence-electron chi connectivity index (χ1n) is 9.33. The van der Waals surface area contributed by atoms with E-state index in [-0.39, 0.29) is 11.4 Å². The number of ether oxygens (including phenoxy) is 1. The fraction of sp³-hybridized carbons (Fsp3) is 0.524. The van der Waals surface area contributed by atoms with Gasteiger partial charge in [-0.25, -0.2) is 0 Å². The Balaban J connectivity index is 2.38. The molecule has 0 saturated heterocycles. The van der Waals surface area contributed by atoms with Crippen molar-refractivity contribution in [3.8, 4) is 5.75 Å². The van der Waals surface area contributed by atoms with Crippen LogP contribution in [0.15, 0.2) is 35.6 Å². The number of nitrogens with zero attached hydrogens (tertiary/aromatic N) is 1. The molecule has 1 amide bonds. The fourth-order valence-electron chi connectivity index (χ4n) is 3.53. The van der Waals surface area contributed by atoms with Crippen molar-refractivity contribution in [2.75, 3.05) is 13.7 Å². The maximum atomic E-state index is 12.7. The van der Waals surface area contributed by atoms with Gasteiger partial charge in [0.15, 0.2) is 11.5 Å². The van der Waals surface area contributed by atoms with Crippen LogP contribution < -0.4 is 4.74 Å². The Labute approximate surface area is 155 Å². The van der Waals surface area contributed by atoms with Crippen molar-refractivity contribution in [3.05, 3.63) is 41.2 Å². The molecule has 2 atom stereocenters. The van der Waals surface area contributed by atoms with Crippen LogP contribution in [0, 0.1) is 5.92 Å². The zero-order valence-electron chi connectivity index (χ0n) is 16.1. The number of ketones is 1. The van der Waals surface area contributed by atoms with Gasteiger partial charge in [-0.15, -0.1) is 0 Å². The summed E-state index contributed by atoms with van der Waals surface area (Å²) in [5.41, 5.74) is 0.990. The van der Waals surface area contributed by atoms with Crippen molar-refractivity contribution < 1.29 is 19.4 Å². The molecule has 2 rings (SSSR count). The van der Waals surface area contributed by atoms with Crippen LogP contribution in [0.3, 0.4) is 0 Å². The van der Waals surface area contributed by atoms with Crippen LogP contribution in [0.1, 0.15) is 58.1 Å². The van der Waals surface area contributed by atoms with Crippen LogP contribution in [0.5, 0.6) is 5.75 Å². The number of methoxy groups -OCH3 is 1. The number of hydrogen-bond acceptors (Lipinski definition) is 4. The number of aliphatic hydroxyl groups is 1. The van der Waals surface area contributed by atoms with Crippen LogP contribution in [0.4, 0.5) is 0 Å². The van der Waals surface area contributed by atoms with Gasteiger partial charge in [0.05, 0.1) is 18.7 Å². The largest absolute Gasteiger partial charge is 0.503 e. The smallest absolute Gasteiger partial charge is 0.290 e. The number of carbonyl (C=O) groups excluding carboxylic acids is 2. The second-order valence-electron chi connectivity index (χ2n) is 6.87. The number of benzene rings is 1. The summed E-state index contributed by atoms with van der Waals surface area (Å²) >= 11 is 0. The maximum absolute atomic E-state index is 12.7. The van der Waals surface area contributed by atoms with E-state index in [1.165, 1.54) is 6.92 Å². The highest BCUT2D eigenvalue weighted by Crippen LogP contribution is 2.39. The Morgan fingerprint density at radius 2 is 1.92 bits per heavy atom. The molecule has 5 nitrogen and oxygen atoms in total. The quantitative estimate of drug-likeness (QED) is 0.718. The zero-order chi connectivity index (χ0) is 19.3. The third-order valence-electron chi connectivity index (χ3n) is 5.11. The summed E-state index contributed by atoms with van der Waals surface area (Å²) in [7, 11) is 1.59. The van der Waals surface area contributed by atoms with Gasteiger partial charge < -0.3 is 14.7 Å². The summed E-state index contributed by atoms with van der Waals surface area (Å²) < 4.78 is 5.19. The molecule has 1 aliphatic heterocycles. The van der Waals surface area contributed by atoms with Crippen LogP contribution in [0.25, 0.3) is 0 Å². The van der Waals surface area contributed by atoms with Gasteiger partial charge >= 0.3 is 0 Å². The number of aliphatic hydroxyl groups excluding tert-OH is 1. The molecule has 142 valence electrons. The molecule has 26 heavy (non-hydrogen) atoms. The van der Waals surface area contributed by atoms with Crippen molar-refractivity contribution in [1.29, 1.82) is 0 Å². The van der Waals surface area contributed by atoms with Crippen molar-refractivity contribution in [3.63, 3.8) is 0 Å². The third kappa shape index (κ3) is 4.09. The van der Waals surface area contributed by atoms with Crippen molar-refractivity contribution in [1.82, 2.24) is 4.90 Å². The normalized spacial score (nSPS) is 18.4. The molecule has 0 fully saturated rings. The topological polar surface area (TPSA) is 66.8 Å². The van der Waals surface area contributed by atoms with Crippen LogP contribution in [-0.2, 0) is 9.59 Å². The third-order valence-corrected chi connectivity index (χ3v) is 5.11. The molecule has 0 bridgehead atoms. The molecule has 1 heterocycles. The van der Waals surface area contributed by atoms with Gasteiger partial charge in [-0.2, -0.15) is 0 Å². The Kier molecular flexibility index (Phi) is 6.83. The minimum atomic E-state index is -0.540. The highest BCUT2D eigenvalue weighted by molar-refractivity contribution is 6.08. The second-order valence-corrected chi connectivity index (χ2v) is 6.87. The molecule has 0 aromatic heterocycles. The van der Waals surface area contributed by atoms with Crippen LogP contribution in [0.2, 0.25) is 0 Å². The Bertz CT molecular complexity index is 678. The van der Waals surface area contributed by atoms with E-state index in [4.69, 9.17) is 4.74 Å². The van der Waals surface area contributed by atoms with Crippen molar-refractivity contribution >= 4 is 11.7 Å². The minimum Gasteiger partial charge on any atom is -0.503 e. The maximum Gasteiger partial charge on any atom is 0.290 e. The van der Waals surface area contributed by atoms with Gasteiger partial charge in [0, 0.05) is 6.54 Å². The molecule has 0 saturated carbocycles. The molecule has 1 aromatic carbocycles. The number of rotatable bonds is 9. The summed E-state index contributed by atoms with van der Waals surface area (Å²) in [6.45, 7) is 6.19. The van der Waals surface area contributed by atoms with Gasteiger partial charge in [-0.1, -0.05) is 45.2 Å². The van der Waals surface area contributed by atoms with Crippen molar-refractivity contribution in [2.45, 2.75) is 52.5 Å². The average molecular weight is 359 g/mol. The molecule has 0 radical (unpaired) electrons. The number of amides is 1. The van der Waals surface area contributed by atoms with E-state index < -0.39 is 17.7 Å². The first-order chi connectivity index (χ1) is 12.4. The van der Waals surface area contributed by atoms with E-state index in [9.17, 15) is 14.7 Å². The zero-order valence-corrected chi connectivity index (χ0v) is 16.1. The number of hydrogen-bond donors (Lipinski definition) is 1. The van der Waals surface area contributed by atoms with Gasteiger partial charge in [0.1, 0.15) is 5.75 Å². The molecule has 1 aromatic rings. The minimum absolute atomic E-state index is 0.186. The first kappa shape index (κ1) is 20.0. The predicted octanol–water partition coefficient (Wildman–Crippen LogP) is 4.20. The molecule has 1 aliphatic rings. The van der Waals surface area contributed by atoms with E-state index >= 15 is 0 Å². The monoisotopic (exact) mass is 359 g/mol. The Morgan fingerprint density at radius 1 is 1.27 bits per heavy atom. The van der Waals surface area contributed by atoms with E-state index in [0.29, 0.717) is 18.2 Å². The molecule has 0 unspecified atom stereocenters. The van der Waals surface area contributed by atoms with Gasteiger partial charge in [-0.3, -0.25) is 9.59 Å². The van der Waals surface area contributed by atoms with Gasteiger partial charge in [-0.05, 0) is 37.0 Å². The molecule has 0 spiro atoms. The molecule has 0 aliphatic carbocycles. The van der Waals surface area contributed by atoms with E-state index in [2.05, 4.69) is 13.8 Å². The lowest BCUT2D eigenvalue weighted by atomic mass is 9.94. The molecular formula is C21H29NO4. The number of Topliss-reactive ketones (excluding diaryl/α,β-unsaturated/α-hetero) is 1. The SMILES string of the molecule is CCCC[C@@H](CC)CN1C(=O)C(O)=C(C(C)=O)[C@H]1c1ccc(OC)cc1. The lowest BCUT2D eigenvalue weighted by Crippen LogP contribution is -2.35. The summed E-state index contributed by atoms with van der Waals surface area (Å²) in [5, 5.41) is 10.3. The van der Waals surface area contributed by atoms with E-state index in [1.54, 1.807) is 24.1 Å². The highest BCUT2D eigenvalue weighted by Gasteiger charge is 2.42. The summed E-state index contributed by atoms with van der Waals surface area (Å²) in [6, 6.07) is 6.76. The highest BCUT2D eigenvalue weighted by atomic mass is 16.5. The predicted molar refractivity (Wildman–Crippen MR) is 101 cm³/mol. The molecule has 5 heteroatoms. The standard InChI is InChI=1S/C21H29NO4/c1-5-7-8-15(6-2)13-22-19(16-9-11-17(26-4)12-10-16)18(14(3)23)20(24)21(22)25/h9-12,15,19,24H,5-8,13H2,1-4H3/t15-,19-/m1/s1. The first-order valence-corrected chi connectivity index (χ1v) is 9.33. The Morgan fingerprint density at radius 3 is 2.42 bits per heavy atom. The van der Waals surface area contributed by atoms with E-state index in [0.717, 1.165) is 31.2 Å². The Hall–Kier alpha value is -2.30. The van der Waals surface area contributed by atoms with Crippen LogP contribution >= 0.6 is 0 Å². The molecule has 1 N–H and O–H groups in total. The summed E-state index contributed by atoms with van der Waals surface area (Å²) in [4.78, 5) is 26.5. The lowest BCUT2D eigenvalue weighted by Gasteiger charge is -2.30. The lowest BCUT2D eigenvalue weighted by molar-refractivity contribution is -0.130. The summed E-state index contributed by atoms with van der Waals surface area (Å²) in [5.74, 6) is -0.0919. The number of carbonyl (C=O) groups is 2. The fourth-order valence-corrected chi connectivity index (χ4v) is 3.53. The van der Waals surface area contributed by atoms with Gasteiger partial charge in [0.2, 0.25) is 0 Å². The van der Waals surface area contributed by atoms with Crippen molar-refractivity contribution in [2.24, 2.45) is 5.92 Å².